The number of nitrogens with one attached hydrogen (secondary N) is 1. The van der Waals surface area contributed by atoms with Gasteiger partial charge >= 0.3 is 0 Å². The van der Waals surface area contributed by atoms with Gasteiger partial charge in [-0.3, -0.25) is 4.79 Å². The number of pyridine rings is 1. The van der Waals surface area contributed by atoms with E-state index < -0.39 is 15.9 Å². The number of imidazole rings is 1. The lowest BCUT2D eigenvalue weighted by atomic mass is 10.1. The Hall–Kier alpha value is -2.76. The smallest absolute Gasteiger partial charge is 0.283 e. The first-order valence-corrected chi connectivity index (χ1v) is 14.1. The zero-order valence-corrected chi connectivity index (χ0v) is 22.0. The molecule has 12 heteroatoms. The van der Waals surface area contributed by atoms with Crippen molar-refractivity contribution in [2.45, 2.75) is 17.7 Å². The number of rotatable bonds is 6. The third-order valence-electron chi connectivity index (χ3n) is 5.24. The zero-order chi connectivity index (χ0) is 24.7. The Morgan fingerprint density at radius 2 is 1.91 bits per heavy atom. The van der Waals surface area contributed by atoms with Crippen LogP contribution in [0.1, 0.15) is 21.9 Å². The lowest BCUT2D eigenvalue weighted by molar-refractivity contribution is 0.0977. The molecule has 0 unspecified atom stereocenters. The molecule has 0 fully saturated rings. The molecule has 0 aliphatic rings. The van der Waals surface area contributed by atoms with Crippen LogP contribution in [0.2, 0.25) is 9.36 Å². The van der Waals surface area contributed by atoms with Gasteiger partial charge in [-0.25, -0.2) is 23.1 Å². The third-order valence-corrected chi connectivity index (χ3v) is 9.57. The minimum atomic E-state index is -4.07. The van der Waals surface area contributed by atoms with Crippen LogP contribution in [-0.4, -0.2) is 28.9 Å². The fourth-order valence-corrected chi connectivity index (χ4v) is 6.95. The van der Waals surface area contributed by atoms with Crippen molar-refractivity contribution in [3.63, 3.8) is 0 Å². The van der Waals surface area contributed by atoms with Gasteiger partial charge in [-0.05, 0) is 59.8 Å². The number of sulfonamides is 1. The summed E-state index contributed by atoms with van der Waals surface area (Å²) in [5.41, 5.74) is 2.88. The van der Waals surface area contributed by atoms with Crippen molar-refractivity contribution in [1.29, 1.82) is 0 Å². The minimum absolute atomic E-state index is 0.0518. The lowest BCUT2D eigenvalue weighted by Crippen LogP contribution is -2.30. The Morgan fingerprint density at radius 3 is 2.60 bits per heavy atom. The molecule has 0 radical (unpaired) electrons. The predicted octanol–water partition coefficient (Wildman–Crippen LogP) is 6.00. The Morgan fingerprint density at radius 1 is 1.09 bits per heavy atom. The fourth-order valence-electron chi connectivity index (χ4n) is 3.54. The second-order valence-electron chi connectivity index (χ2n) is 7.56. The van der Waals surface area contributed by atoms with Crippen molar-refractivity contribution in [3.05, 3.63) is 86.4 Å². The Bertz CT molecular complexity index is 1680. The number of aryl methyl sites for hydroxylation is 1. The van der Waals surface area contributed by atoms with E-state index in [0.717, 1.165) is 27.3 Å². The Kier molecular flexibility index (Phi) is 6.41. The Balaban J connectivity index is 1.44. The maximum atomic E-state index is 12.7. The van der Waals surface area contributed by atoms with E-state index in [0.29, 0.717) is 32.9 Å². The van der Waals surface area contributed by atoms with E-state index in [1.54, 1.807) is 17.4 Å². The van der Waals surface area contributed by atoms with Gasteiger partial charge in [-0.2, -0.15) is 0 Å². The number of hydrogen-bond donors (Lipinski definition) is 1. The van der Waals surface area contributed by atoms with E-state index in [1.165, 1.54) is 18.2 Å². The summed E-state index contributed by atoms with van der Waals surface area (Å²) in [4.78, 5) is 22.8. The number of aromatic nitrogens is 3. The van der Waals surface area contributed by atoms with Crippen LogP contribution >= 0.6 is 45.9 Å². The van der Waals surface area contributed by atoms with Gasteiger partial charge in [0.1, 0.15) is 21.2 Å². The molecular formula is C23H16Cl2N4O3S3. The monoisotopic (exact) mass is 562 g/mol. The molecule has 0 aliphatic heterocycles. The number of benzene rings is 1. The molecule has 7 nitrogen and oxygen atoms in total. The molecule has 1 N–H and O–H groups in total. The lowest BCUT2D eigenvalue weighted by Gasteiger charge is -2.10. The molecular weight excluding hydrogens is 547 g/mol. The largest absolute Gasteiger partial charge is 0.308 e. The van der Waals surface area contributed by atoms with Gasteiger partial charge in [0, 0.05) is 9.90 Å². The zero-order valence-electron chi connectivity index (χ0n) is 18.0. The SMILES string of the molecule is Cc1nc2ccc(C(=O)NS(=O)(=O)c3ccc(Cl)s3)nc2n1Cc1ccc(-c2cccs2)cc1Cl. The normalized spacial score (nSPS) is 11.7. The summed E-state index contributed by atoms with van der Waals surface area (Å²) in [7, 11) is -4.07. The molecule has 178 valence electrons. The van der Waals surface area contributed by atoms with Gasteiger partial charge in [0.25, 0.3) is 15.9 Å². The number of carbonyl (C=O) groups excluding carboxylic acids is 1. The minimum Gasteiger partial charge on any atom is -0.308 e. The van der Waals surface area contributed by atoms with Crippen molar-refractivity contribution in [1.82, 2.24) is 19.3 Å². The first-order valence-electron chi connectivity index (χ1n) is 10.2. The maximum absolute atomic E-state index is 12.7. The van der Waals surface area contributed by atoms with Crippen LogP contribution in [0.25, 0.3) is 21.6 Å². The summed E-state index contributed by atoms with van der Waals surface area (Å²) in [6, 6.07) is 15.8. The first kappa shape index (κ1) is 24.0. The average molecular weight is 564 g/mol. The summed E-state index contributed by atoms with van der Waals surface area (Å²) in [6.07, 6.45) is 0. The number of amides is 1. The molecule has 0 spiro atoms. The number of nitrogens with zero attached hydrogens (tertiary/aromatic N) is 3. The molecule has 1 amide bonds. The second kappa shape index (κ2) is 9.36. The van der Waals surface area contributed by atoms with Crippen LogP contribution in [0.4, 0.5) is 0 Å². The molecule has 0 saturated heterocycles. The first-order chi connectivity index (χ1) is 16.7. The van der Waals surface area contributed by atoms with Crippen LogP contribution in [0.15, 0.2) is 64.2 Å². The van der Waals surface area contributed by atoms with Crippen molar-refractivity contribution < 1.29 is 13.2 Å². The van der Waals surface area contributed by atoms with E-state index in [9.17, 15) is 13.2 Å². The molecule has 4 heterocycles. The van der Waals surface area contributed by atoms with Gasteiger partial charge in [0.05, 0.1) is 10.9 Å². The van der Waals surface area contributed by atoms with Crippen molar-refractivity contribution in [2.75, 3.05) is 0 Å². The van der Waals surface area contributed by atoms with E-state index in [4.69, 9.17) is 23.2 Å². The third kappa shape index (κ3) is 4.85. The summed E-state index contributed by atoms with van der Waals surface area (Å²) < 4.78 is 29.2. The van der Waals surface area contributed by atoms with E-state index >= 15 is 0 Å². The fraction of sp³-hybridized carbons (Fsp3) is 0.0870. The highest BCUT2D eigenvalue weighted by atomic mass is 35.5. The number of hydrogen-bond acceptors (Lipinski definition) is 7. The number of carbonyl (C=O) groups is 1. The Labute approximate surface area is 219 Å². The van der Waals surface area contributed by atoms with E-state index in [2.05, 4.69) is 9.97 Å². The number of fused-ring (bicyclic) bond motifs is 1. The van der Waals surface area contributed by atoms with E-state index in [1.807, 2.05) is 51.9 Å². The highest BCUT2D eigenvalue weighted by molar-refractivity contribution is 7.92. The van der Waals surface area contributed by atoms with Crippen LogP contribution in [0.5, 0.6) is 0 Å². The molecule has 0 atom stereocenters. The summed E-state index contributed by atoms with van der Waals surface area (Å²) in [5, 5.41) is 2.62. The van der Waals surface area contributed by atoms with Gasteiger partial charge < -0.3 is 4.57 Å². The van der Waals surface area contributed by atoms with E-state index in [-0.39, 0.29) is 9.90 Å². The van der Waals surface area contributed by atoms with Crippen LogP contribution in [0, 0.1) is 6.92 Å². The molecule has 35 heavy (non-hydrogen) atoms. The topological polar surface area (TPSA) is 93.9 Å². The number of halogens is 2. The summed E-state index contributed by atoms with van der Waals surface area (Å²) in [6.45, 7) is 2.22. The van der Waals surface area contributed by atoms with Crippen LogP contribution in [-0.2, 0) is 16.6 Å². The number of thiophene rings is 2. The van der Waals surface area contributed by atoms with Gasteiger partial charge in [0.15, 0.2) is 5.65 Å². The predicted molar refractivity (Wildman–Crippen MR) is 140 cm³/mol. The average Bonchev–Trinajstić information content (AvgIpc) is 3.56. The van der Waals surface area contributed by atoms with Crippen molar-refractivity contribution in [3.8, 4) is 10.4 Å². The van der Waals surface area contributed by atoms with Gasteiger partial charge in [0.2, 0.25) is 0 Å². The van der Waals surface area contributed by atoms with Gasteiger partial charge in [-0.15, -0.1) is 22.7 Å². The molecule has 0 aliphatic carbocycles. The second-order valence-corrected chi connectivity index (χ2v) is 12.5. The molecule has 1 aromatic carbocycles. The van der Waals surface area contributed by atoms with Crippen LogP contribution in [0.3, 0.4) is 0 Å². The highest BCUT2D eigenvalue weighted by Crippen LogP contribution is 2.30. The molecule has 0 saturated carbocycles. The van der Waals surface area contributed by atoms with Crippen molar-refractivity contribution in [2.24, 2.45) is 0 Å². The molecule has 5 rings (SSSR count). The molecule has 0 bridgehead atoms. The molecule has 5 aromatic rings. The van der Waals surface area contributed by atoms with Crippen LogP contribution < -0.4 is 4.72 Å². The molecule has 4 aromatic heterocycles. The quantitative estimate of drug-likeness (QED) is 0.273. The van der Waals surface area contributed by atoms with Gasteiger partial charge in [-0.1, -0.05) is 41.4 Å². The summed E-state index contributed by atoms with van der Waals surface area (Å²) in [5.74, 6) is -0.163. The highest BCUT2D eigenvalue weighted by Gasteiger charge is 2.22. The summed E-state index contributed by atoms with van der Waals surface area (Å²) >= 11 is 14.9. The van der Waals surface area contributed by atoms with Crippen molar-refractivity contribution >= 4 is 73.0 Å². The standard InChI is InChI=1S/C23H16Cl2N4O3S3/c1-13-26-17-6-7-18(23(30)28-35(31,32)21-9-8-20(25)34-21)27-22(17)29(13)12-15-5-4-14(11-16(15)24)19-3-2-10-33-19/h2-11H,12H2,1H3,(H,28,30). The maximum Gasteiger partial charge on any atom is 0.283 e.